The Balaban J connectivity index is 1.81. The first kappa shape index (κ1) is 9.83. The lowest BCUT2D eigenvalue weighted by atomic mass is 10.2. The van der Waals surface area contributed by atoms with Gasteiger partial charge in [0.15, 0.2) is 0 Å². The van der Waals surface area contributed by atoms with Crippen molar-refractivity contribution >= 4 is 6.03 Å². The van der Waals surface area contributed by atoms with Crippen molar-refractivity contribution in [1.82, 2.24) is 10.6 Å². The van der Waals surface area contributed by atoms with Gasteiger partial charge in [0.2, 0.25) is 0 Å². The van der Waals surface area contributed by atoms with E-state index in [2.05, 4.69) is 10.6 Å². The lowest BCUT2D eigenvalue weighted by Crippen LogP contribution is -2.36. The number of nitrogens with one attached hydrogen (secondary N) is 2. The lowest BCUT2D eigenvalue weighted by molar-refractivity contribution is 0.240. The molecule has 0 aromatic heterocycles. The van der Waals surface area contributed by atoms with Crippen molar-refractivity contribution in [1.29, 1.82) is 0 Å². The van der Waals surface area contributed by atoms with E-state index < -0.39 is 0 Å². The molecule has 1 aliphatic carbocycles. The quantitative estimate of drug-likeness (QED) is 0.699. The van der Waals surface area contributed by atoms with Gasteiger partial charge in [-0.15, -0.1) is 0 Å². The van der Waals surface area contributed by atoms with Crippen molar-refractivity contribution < 1.29 is 9.90 Å². The Morgan fingerprint density at radius 2 is 2.13 bits per heavy atom. The zero-order valence-electron chi connectivity index (χ0n) is 8.36. The zero-order chi connectivity index (χ0) is 10.7. The number of urea groups is 1. The van der Waals surface area contributed by atoms with E-state index >= 15 is 0 Å². The van der Waals surface area contributed by atoms with E-state index in [4.69, 9.17) is 0 Å². The number of carbonyl (C=O) groups excluding carboxylic acids is 1. The molecule has 0 heterocycles. The molecule has 0 aliphatic heterocycles. The molecule has 1 aliphatic rings. The van der Waals surface area contributed by atoms with Gasteiger partial charge in [-0.25, -0.2) is 4.79 Å². The average molecular weight is 206 g/mol. The summed E-state index contributed by atoms with van der Waals surface area (Å²) in [7, 11) is 0. The molecule has 0 spiro atoms. The molecule has 3 N–H and O–H groups in total. The molecule has 0 unspecified atom stereocenters. The van der Waals surface area contributed by atoms with E-state index in [0.717, 1.165) is 18.4 Å². The molecule has 4 nitrogen and oxygen atoms in total. The van der Waals surface area contributed by atoms with Gasteiger partial charge in [-0.05, 0) is 18.9 Å². The summed E-state index contributed by atoms with van der Waals surface area (Å²) < 4.78 is 0. The number of carbonyl (C=O) groups is 1. The number of phenolic OH excluding ortho intramolecular Hbond substituents is 1. The number of hydrogen-bond donors (Lipinski definition) is 3. The van der Waals surface area contributed by atoms with Gasteiger partial charge in [-0.3, -0.25) is 0 Å². The maximum atomic E-state index is 11.3. The Bertz CT molecular complexity index is 361. The Morgan fingerprint density at radius 1 is 1.40 bits per heavy atom. The molecular formula is C11H14N2O2. The predicted molar refractivity (Wildman–Crippen MR) is 56.5 cm³/mol. The van der Waals surface area contributed by atoms with Crippen LogP contribution >= 0.6 is 0 Å². The van der Waals surface area contributed by atoms with E-state index in [-0.39, 0.29) is 11.8 Å². The molecule has 1 aromatic carbocycles. The van der Waals surface area contributed by atoms with Crippen LogP contribution in [0.25, 0.3) is 0 Å². The third-order valence-corrected chi connectivity index (χ3v) is 2.34. The van der Waals surface area contributed by atoms with Crippen molar-refractivity contribution in [2.45, 2.75) is 25.4 Å². The summed E-state index contributed by atoms with van der Waals surface area (Å²) in [5.74, 6) is 0.212. The largest absolute Gasteiger partial charge is 0.508 e. The first-order valence-corrected chi connectivity index (χ1v) is 5.07. The third-order valence-electron chi connectivity index (χ3n) is 2.34. The van der Waals surface area contributed by atoms with Gasteiger partial charge in [-0.2, -0.15) is 0 Å². The number of aromatic hydroxyl groups is 1. The molecule has 4 heteroatoms. The topological polar surface area (TPSA) is 61.4 Å². The molecule has 15 heavy (non-hydrogen) atoms. The van der Waals surface area contributed by atoms with Crippen LogP contribution in [-0.4, -0.2) is 17.2 Å². The molecule has 1 saturated carbocycles. The minimum Gasteiger partial charge on any atom is -0.508 e. The molecule has 0 atom stereocenters. The molecule has 2 rings (SSSR count). The van der Waals surface area contributed by atoms with E-state index in [1.165, 1.54) is 0 Å². The Morgan fingerprint density at radius 3 is 2.80 bits per heavy atom. The fourth-order valence-corrected chi connectivity index (χ4v) is 1.30. The van der Waals surface area contributed by atoms with Gasteiger partial charge in [0.25, 0.3) is 0 Å². The summed E-state index contributed by atoms with van der Waals surface area (Å²) in [5.41, 5.74) is 0.725. The van der Waals surface area contributed by atoms with Gasteiger partial charge in [-0.1, -0.05) is 18.2 Å². The van der Waals surface area contributed by atoms with Crippen LogP contribution in [0, 0.1) is 0 Å². The van der Waals surface area contributed by atoms with E-state index in [0.29, 0.717) is 12.6 Å². The molecule has 0 radical (unpaired) electrons. The highest BCUT2D eigenvalue weighted by atomic mass is 16.3. The number of para-hydroxylation sites is 1. The fraction of sp³-hybridized carbons (Fsp3) is 0.364. The second-order valence-electron chi connectivity index (χ2n) is 3.73. The van der Waals surface area contributed by atoms with Crippen molar-refractivity contribution in [3.05, 3.63) is 29.8 Å². The SMILES string of the molecule is O=C(NCc1ccccc1O)NC1CC1. The van der Waals surface area contributed by atoms with E-state index in [1.54, 1.807) is 18.2 Å². The van der Waals surface area contributed by atoms with Crippen molar-refractivity contribution in [3.8, 4) is 5.75 Å². The van der Waals surface area contributed by atoms with Gasteiger partial charge < -0.3 is 15.7 Å². The van der Waals surface area contributed by atoms with Crippen LogP contribution in [-0.2, 0) is 6.54 Å². The Kier molecular flexibility index (Phi) is 2.76. The van der Waals surface area contributed by atoms with Gasteiger partial charge in [0.1, 0.15) is 5.75 Å². The summed E-state index contributed by atoms with van der Waals surface area (Å²) in [4.78, 5) is 11.3. The minimum atomic E-state index is -0.166. The number of rotatable bonds is 3. The minimum absolute atomic E-state index is 0.166. The molecule has 2 amide bonds. The molecule has 0 saturated heterocycles. The molecule has 1 fully saturated rings. The number of phenols is 1. The van der Waals surface area contributed by atoms with Crippen molar-refractivity contribution in [2.24, 2.45) is 0 Å². The predicted octanol–water partition coefficient (Wildman–Crippen LogP) is 1.35. The number of amides is 2. The molecule has 0 bridgehead atoms. The third kappa shape index (κ3) is 2.87. The summed E-state index contributed by atoms with van der Waals surface area (Å²) in [6, 6.07) is 7.16. The van der Waals surface area contributed by atoms with Gasteiger partial charge in [0, 0.05) is 18.2 Å². The monoisotopic (exact) mass is 206 g/mol. The summed E-state index contributed by atoms with van der Waals surface area (Å²) in [6.45, 7) is 0.352. The highest BCUT2D eigenvalue weighted by molar-refractivity contribution is 5.74. The average Bonchev–Trinajstić information content (AvgIpc) is 3.00. The molecular weight excluding hydrogens is 192 g/mol. The molecule has 80 valence electrons. The van der Waals surface area contributed by atoms with Crippen LogP contribution < -0.4 is 10.6 Å². The van der Waals surface area contributed by atoms with Gasteiger partial charge >= 0.3 is 6.03 Å². The van der Waals surface area contributed by atoms with Crippen LogP contribution in [0.15, 0.2) is 24.3 Å². The van der Waals surface area contributed by atoms with Crippen LogP contribution in [0.2, 0.25) is 0 Å². The lowest BCUT2D eigenvalue weighted by Gasteiger charge is -2.07. The van der Waals surface area contributed by atoms with Crippen molar-refractivity contribution in [3.63, 3.8) is 0 Å². The normalized spacial score (nSPS) is 14.7. The second-order valence-corrected chi connectivity index (χ2v) is 3.73. The number of benzene rings is 1. The Labute approximate surface area is 88.3 Å². The smallest absolute Gasteiger partial charge is 0.315 e. The van der Waals surface area contributed by atoms with Gasteiger partial charge in [0.05, 0.1) is 0 Å². The summed E-state index contributed by atoms with van der Waals surface area (Å²) in [6.07, 6.45) is 2.15. The zero-order valence-corrected chi connectivity index (χ0v) is 8.36. The van der Waals surface area contributed by atoms with Crippen LogP contribution in [0.4, 0.5) is 4.79 Å². The molecule has 1 aromatic rings. The maximum Gasteiger partial charge on any atom is 0.315 e. The first-order chi connectivity index (χ1) is 7.25. The van der Waals surface area contributed by atoms with Crippen LogP contribution in [0.5, 0.6) is 5.75 Å². The standard InChI is InChI=1S/C11H14N2O2/c14-10-4-2-1-3-8(10)7-12-11(15)13-9-5-6-9/h1-4,9,14H,5-7H2,(H2,12,13,15). The summed E-state index contributed by atoms with van der Waals surface area (Å²) >= 11 is 0. The van der Waals surface area contributed by atoms with E-state index in [1.807, 2.05) is 6.07 Å². The van der Waals surface area contributed by atoms with Crippen molar-refractivity contribution in [2.75, 3.05) is 0 Å². The highest BCUT2D eigenvalue weighted by Gasteiger charge is 2.22. The summed E-state index contributed by atoms with van der Waals surface area (Å²) in [5, 5.41) is 15.0. The fourth-order valence-electron chi connectivity index (χ4n) is 1.30. The Hall–Kier alpha value is -1.71. The van der Waals surface area contributed by atoms with E-state index in [9.17, 15) is 9.90 Å². The number of hydrogen-bond acceptors (Lipinski definition) is 2. The van der Waals surface area contributed by atoms with Crippen LogP contribution in [0.3, 0.4) is 0 Å². The second kappa shape index (κ2) is 4.21. The first-order valence-electron chi connectivity index (χ1n) is 5.07. The highest BCUT2D eigenvalue weighted by Crippen LogP contribution is 2.18. The maximum absolute atomic E-state index is 11.3. The van der Waals surface area contributed by atoms with Crippen LogP contribution in [0.1, 0.15) is 18.4 Å².